The van der Waals surface area contributed by atoms with Crippen molar-refractivity contribution in [3.8, 4) is 0 Å². The quantitative estimate of drug-likeness (QED) is 0.682. The predicted molar refractivity (Wildman–Crippen MR) is 102 cm³/mol. The van der Waals surface area contributed by atoms with Gasteiger partial charge in [-0.15, -0.1) is 0 Å². The number of hydrogen-bond acceptors (Lipinski definition) is 2. The fourth-order valence-corrected chi connectivity index (χ4v) is 3.52. The first kappa shape index (κ1) is 16.3. The Morgan fingerprint density at radius 3 is 2.65 bits per heavy atom. The van der Waals surface area contributed by atoms with Crippen LogP contribution in [0, 0.1) is 0 Å². The minimum absolute atomic E-state index is 0.0391. The van der Waals surface area contributed by atoms with E-state index in [0.717, 1.165) is 11.1 Å². The molecule has 0 spiro atoms. The number of fused-ring (bicyclic) bond motifs is 1. The minimum Gasteiger partial charge on any atom is -0.334 e. The molecule has 1 aromatic heterocycles. The Morgan fingerprint density at radius 2 is 1.88 bits per heavy atom. The summed E-state index contributed by atoms with van der Waals surface area (Å²) >= 11 is 0. The first-order valence-electron chi connectivity index (χ1n) is 8.79. The third-order valence-electron chi connectivity index (χ3n) is 4.85. The summed E-state index contributed by atoms with van der Waals surface area (Å²) in [6, 6.07) is 18.3. The maximum Gasteiger partial charge on any atom is 0.246 e. The largest absolute Gasteiger partial charge is 0.334 e. The second-order valence-corrected chi connectivity index (χ2v) is 6.66. The van der Waals surface area contributed by atoms with Crippen LogP contribution in [0.15, 0.2) is 73.1 Å². The van der Waals surface area contributed by atoms with Crippen molar-refractivity contribution in [3.63, 3.8) is 0 Å². The van der Waals surface area contributed by atoms with Gasteiger partial charge in [0.15, 0.2) is 0 Å². The Morgan fingerprint density at radius 1 is 1.12 bits per heavy atom. The van der Waals surface area contributed by atoms with E-state index in [4.69, 9.17) is 0 Å². The van der Waals surface area contributed by atoms with E-state index in [1.54, 1.807) is 6.08 Å². The van der Waals surface area contributed by atoms with Gasteiger partial charge in [0, 0.05) is 38.3 Å². The molecule has 0 aliphatic carbocycles. The van der Waals surface area contributed by atoms with Gasteiger partial charge in [-0.25, -0.2) is 0 Å². The van der Waals surface area contributed by atoms with Crippen LogP contribution in [0.3, 0.4) is 0 Å². The molecule has 4 rings (SSSR count). The van der Waals surface area contributed by atoms with Gasteiger partial charge in [0.25, 0.3) is 0 Å². The summed E-state index contributed by atoms with van der Waals surface area (Å²) in [6.45, 7) is 1.31. The number of hydrogen-bond donors (Lipinski definition) is 0. The molecule has 4 heteroatoms. The Hall–Kier alpha value is -3.14. The maximum absolute atomic E-state index is 12.8. The molecule has 4 nitrogen and oxygen atoms in total. The zero-order chi connectivity index (χ0) is 17.9. The Bertz CT molecular complexity index is 943. The van der Waals surface area contributed by atoms with E-state index in [2.05, 4.69) is 23.3 Å². The molecule has 1 aliphatic heterocycles. The lowest BCUT2D eigenvalue weighted by Gasteiger charge is -2.34. The van der Waals surface area contributed by atoms with Gasteiger partial charge in [-0.2, -0.15) is 5.10 Å². The summed E-state index contributed by atoms with van der Waals surface area (Å²) in [6.07, 6.45) is 7.48. The highest BCUT2D eigenvalue weighted by atomic mass is 16.2. The lowest BCUT2D eigenvalue weighted by Crippen LogP contribution is -2.37. The highest BCUT2D eigenvalue weighted by Crippen LogP contribution is 2.33. The summed E-state index contributed by atoms with van der Waals surface area (Å²) in [4.78, 5) is 14.7. The average molecular weight is 343 g/mol. The van der Waals surface area contributed by atoms with Crippen molar-refractivity contribution in [2.24, 2.45) is 7.05 Å². The summed E-state index contributed by atoms with van der Waals surface area (Å²) in [5.41, 5.74) is 4.66. The van der Waals surface area contributed by atoms with Crippen LogP contribution in [0.5, 0.6) is 0 Å². The minimum atomic E-state index is 0.0391. The van der Waals surface area contributed by atoms with Gasteiger partial charge in [-0.05, 0) is 28.3 Å². The first-order valence-corrected chi connectivity index (χ1v) is 8.79. The molecule has 130 valence electrons. The number of aromatic nitrogens is 2. The Kier molecular flexibility index (Phi) is 4.40. The van der Waals surface area contributed by atoms with Crippen LogP contribution in [-0.4, -0.2) is 27.1 Å². The zero-order valence-corrected chi connectivity index (χ0v) is 14.7. The summed E-state index contributed by atoms with van der Waals surface area (Å²) in [7, 11) is 1.92. The molecular weight excluding hydrogens is 322 g/mol. The summed E-state index contributed by atoms with van der Waals surface area (Å²) in [5, 5.41) is 4.31. The van der Waals surface area contributed by atoms with E-state index in [0.29, 0.717) is 13.1 Å². The third-order valence-corrected chi connectivity index (χ3v) is 4.85. The highest BCUT2D eigenvalue weighted by Gasteiger charge is 2.28. The smallest absolute Gasteiger partial charge is 0.246 e. The fourth-order valence-electron chi connectivity index (χ4n) is 3.52. The van der Waals surface area contributed by atoms with E-state index >= 15 is 0 Å². The van der Waals surface area contributed by atoms with E-state index < -0.39 is 0 Å². The number of benzene rings is 2. The van der Waals surface area contributed by atoms with Gasteiger partial charge < -0.3 is 4.90 Å². The summed E-state index contributed by atoms with van der Waals surface area (Å²) < 4.78 is 1.81. The van der Waals surface area contributed by atoms with E-state index in [-0.39, 0.29) is 11.8 Å². The van der Waals surface area contributed by atoms with Crippen molar-refractivity contribution < 1.29 is 4.79 Å². The SMILES string of the molecule is Cn1cc([C@H]2CN(C(=O)/C=C/c3ccccc3)Cc3ccccc32)cn1. The van der Waals surface area contributed by atoms with Crippen molar-refractivity contribution in [3.05, 3.63) is 95.3 Å². The van der Waals surface area contributed by atoms with Crippen LogP contribution < -0.4 is 0 Å². The van der Waals surface area contributed by atoms with Crippen LogP contribution in [-0.2, 0) is 18.4 Å². The molecule has 1 amide bonds. The van der Waals surface area contributed by atoms with Crippen molar-refractivity contribution in [2.75, 3.05) is 6.54 Å². The molecule has 1 atom stereocenters. The molecule has 0 fully saturated rings. The molecule has 0 unspecified atom stereocenters. The molecule has 0 saturated carbocycles. The van der Waals surface area contributed by atoms with Crippen molar-refractivity contribution in [2.45, 2.75) is 12.5 Å². The lowest BCUT2D eigenvalue weighted by molar-refractivity contribution is -0.127. The maximum atomic E-state index is 12.8. The van der Waals surface area contributed by atoms with Crippen LogP contribution in [0.1, 0.15) is 28.2 Å². The number of amides is 1. The molecule has 0 saturated heterocycles. The van der Waals surface area contributed by atoms with Crippen molar-refractivity contribution in [1.82, 2.24) is 14.7 Å². The van der Waals surface area contributed by atoms with E-state index in [1.165, 1.54) is 11.1 Å². The van der Waals surface area contributed by atoms with Crippen LogP contribution in [0.4, 0.5) is 0 Å². The van der Waals surface area contributed by atoms with Crippen LogP contribution in [0.25, 0.3) is 6.08 Å². The molecule has 2 heterocycles. The van der Waals surface area contributed by atoms with Gasteiger partial charge in [0.1, 0.15) is 0 Å². The molecule has 0 N–H and O–H groups in total. The second kappa shape index (κ2) is 7.00. The van der Waals surface area contributed by atoms with E-state index in [1.807, 2.05) is 71.5 Å². The monoisotopic (exact) mass is 343 g/mol. The number of rotatable bonds is 3. The van der Waals surface area contributed by atoms with Gasteiger partial charge in [0.2, 0.25) is 5.91 Å². The second-order valence-electron chi connectivity index (χ2n) is 6.66. The van der Waals surface area contributed by atoms with Gasteiger partial charge in [-0.1, -0.05) is 54.6 Å². The first-order chi connectivity index (χ1) is 12.7. The summed E-state index contributed by atoms with van der Waals surface area (Å²) in [5.74, 6) is 0.194. The Balaban J connectivity index is 1.60. The third kappa shape index (κ3) is 3.31. The van der Waals surface area contributed by atoms with Crippen LogP contribution >= 0.6 is 0 Å². The molecule has 0 radical (unpaired) electrons. The highest BCUT2D eigenvalue weighted by molar-refractivity contribution is 5.92. The number of nitrogens with zero attached hydrogens (tertiary/aromatic N) is 3. The number of carbonyl (C=O) groups is 1. The van der Waals surface area contributed by atoms with Gasteiger partial charge >= 0.3 is 0 Å². The molecule has 1 aliphatic rings. The molecule has 26 heavy (non-hydrogen) atoms. The van der Waals surface area contributed by atoms with Crippen molar-refractivity contribution >= 4 is 12.0 Å². The zero-order valence-electron chi connectivity index (χ0n) is 14.7. The molecule has 3 aromatic rings. The topological polar surface area (TPSA) is 38.1 Å². The molecule has 0 bridgehead atoms. The average Bonchev–Trinajstić information content (AvgIpc) is 3.12. The number of aryl methyl sites for hydroxylation is 1. The van der Waals surface area contributed by atoms with Gasteiger partial charge in [-0.3, -0.25) is 9.48 Å². The molecular formula is C22H21N3O. The fraction of sp³-hybridized carbons (Fsp3) is 0.182. The standard InChI is InChI=1S/C22H21N3O/c1-24-14-19(13-23-24)21-16-25(15-18-9-5-6-10-20(18)21)22(26)12-11-17-7-3-2-4-8-17/h2-14,21H,15-16H2,1H3/b12-11+/t21-/m1/s1. The molecule has 2 aromatic carbocycles. The normalized spacial score (nSPS) is 16.7. The van der Waals surface area contributed by atoms with Gasteiger partial charge in [0.05, 0.1) is 6.20 Å². The number of carbonyl (C=O) groups excluding carboxylic acids is 1. The van der Waals surface area contributed by atoms with Crippen LogP contribution in [0.2, 0.25) is 0 Å². The lowest BCUT2D eigenvalue weighted by atomic mass is 9.86. The predicted octanol–water partition coefficient (Wildman–Crippen LogP) is 3.61. The van der Waals surface area contributed by atoms with Crippen molar-refractivity contribution in [1.29, 1.82) is 0 Å². The Labute approximate surface area is 153 Å². The van der Waals surface area contributed by atoms with E-state index in [9.17, 15) is 4.79 Å².